The Morgan fingerprint density at radius 1 is 1.33 bits per heavy atom. The predicted molar refractivity (Wildman–Crippen MR) is 66.7 cm³/mol. The zero-order chi connectivity index (χ0) is 9.80. The Hall–Kier alpha value is -0.570. The fraction of sp³-hybridized carbons (Fsp3) is 0.500. The molecule has 1 aromatic carbocycles. The molecule has 15 heavy (non-hydrogen) atoms. The standard InChI is InChI=1S/C12H18N2.ClH/c1-14-8-7-13-12(10-14)9-11-5-3-2-4-6-11;/h2-6,12-13H,7-10H2,1H3;1H. The average Bonchev–Trinajstić information content (AvgIpc) is 2.19. The molecule has 84 valence electrons. The maximum Gasteiger partial charge on any atom is 0.0235 e. The molecule has 3 heteroatoms. The summed E-state index contributed by atoms with van der Waals surface area (Å²) in [7, 11) is 2.19. The van der Waals surface area contributed by atoms with Crippen LogP contribution in [-0.2, 0) is 6.42 Å². The Morgan fingerprint density at radius 2 is 2.07 bits per heavy atom. The molecule has 1 fully saturated rings. The zero-order valence-corrected chi connectivity index (χ0v) is 9.96. The molecule has 1 aromatic rings. The van der Waals surface area contributed by atoms with Gasteiger partial charge in [-0.25, -0.2) is 0 Å². The third kappa shape index (κ3) is 3.82. The maximum atomic E-state index is 3.56. The first kappa shape index (κ1) is 12.5. The lowest BCUT2D eigenvalue weighted by molar-refractivity contribution is 0.238. The van der Waals surface area contributed by atoms with Gasteiger partial charge in [0.05, 0.1) is 0 Å². The molecule has 0 spiro atoms. The second kappa shape index (κ2) is 6.11. The summed E-state index contributed by atoms with van der Waals surface area (Å²) in [6.07, 6.45) is 1.14. The van der Waals surface area contributed by atoms with E-state index in [9.17, 15) is 0 Å². The molecule has 1 heterocycles. The summed E-state index contributed by atoms with van der Waals surface area (Å²) < 4.78 is 0. The largest absolute Gasteiger partial charge is 0.311 e. The minimum Gasteiger partial charge on any atom is -0.311 e. The van der Waals surface area contributed by atoms with Crippen LogP contribution >= 0.6 is 12.4 Å². The molecular formula is C12H19ClN2. The van der Waals surface area contributed by atoms with Crippen molar-refractivity contribution in [2.45, 2.75) is 12.5 Å². The van der Waals surface area contributed by atoms with Crippen molar-refractivity contribution >= 4 is 12.4 Å². The van der Waals surface area contributed by atoms with Crippen LogP contribution in [-0.4, -0.2) is 37.6 Å². The van der Waals surface area contributed by atoms with E-state index in [2.05, 4.69) is 47.6 Å². The van der Waals surface area contributed by atoms with Crippen LogP contribution in [0.25, 0.3) is 0 Å². The summed E-state index contributed by atoms with van der Waals surface area (Å²) in [6, 6.07) is 11.3. The third-order valence-electron chi connectivity index (χ3n) is 2.78. The van der Waals surface area contributed by atoms with Crippen LogP contribution in [0.4, 0.5) is 0 Å². The van der Waals surface area contributed by atoms with Gasteiger partial charge in [-0.2, -0.15) is 0 Å². The Morgan fingerprint density at radius 3 is 2.73 bits per heavy atom. The van der Waals surface area contributed by atoms with Gasteiger partial charge in [-0.3, -0.25) is 0 Å². The van der Waals surface area contributed by atoms with Crippen molar-refractivity contribution < 1.29 is 0 Å². The average molecular weight is 227 g/mol. The van der Waals surface area contributed by atoms with E-state index in [1.54, 1.807) is 0 Å². The van der Waals surface area contributed by atoms with Gasteiger partial charge in [0.1, 0.15) is 0 Å². The van der Waals surface area contributed by atoms with Gasteiger partial charge in [-0.15, -0.1) is 12.4 Å². The number of piperazine rings is 1. The van der Waals surface area contributed by atoms with E-state index >= 15 is 0 Å². The highest BCUT2D eigenvalue weighted by molar-refractivity contribution is 5.85. The molecule has 0 amide bonds. The Kier molecular flexibility index (Phi) is 5.09. The first-order valence-corrected chi connectivity index (χ1v) is 5.30. The quantitative estimate of drug-likeness (QED) is 0.824. The molecule has 2 rings (SSSR count). The smallest absolute Gasteiger partial charge is 0.0235 e. The molecule has 0 radical (unpaired) electrons. The first-order valence-electron chi connectivity index (χ1n) is 5.30. The monoisotopic (exact) mass is 226 g/mol. The lowest BCUT2D eigenvalue weighted by Crippen LogP contribution is -2.49. The van der Waals surface area contributed by atoms with Gasteiger partial charge in [0.25, 0.3) is 0 Å². The van der Waals surface area contributed by atoms with E-state index in [0.717, 1.165) is 19.5 Å². The highest BCUT2D eigenvalue weighted by Gasteiger charge is 2.15. The van der Waals surface area contributed by atoms with Gasteiger partial charge in [-0.1, -0.05) is 30.3 Å². The number of hydrogen-bond donors (Lipinski definition) is 1. The van der Waals surface area contributed by atoms with Crippen LogP contribution in [0.3, 0.4) is 0 Å². The molecule has 0 aromatic heterocycles. The van der Waals surface area contributed by atoms with Crippen LogP contribution < -0.4 is 5.32 Å². The first-order chi connectivity index (χ1) is 6.84. The Labute approximate surface area is 98.1 Å². The van der Waals surface area contributed by atoms with Crippen LogP contribution in [0.1, 0.15) is 5.56 Å². The van der Waals surface area contributed by atoms with Crippen molar-refractivity contribution in [3.8, 4) is 0 Å². The summed E-state index contributed by atoms with van der Waals surface area (Å²) in [5.74, 6) is 0. The van der Waals surface area contributed by atoms with Gasteiger partial charge >= 0.3 is 0 Å². The summed E-state index contributed by atoms with van der Waals surface area (Å²) >= 11 is 0. The number of rotatable bonds is 2. The third-order valence-corrected chi connectivity index (χ3v) is 2.78. The molecule has 1 atom stereocenters. The topological polar surface area (TPSA) is 15.3 Å². The van der Waals surface area contributed by atoms with Crippen LogP contribution in [0, 0.1) is 0 Å². The molecule has 1 saturated heterocycles. The molecule has 1 N–H and O–H groups in total. The second-order valence-electron chi connectivity index (χ2n) is 4.10. The fourth-order valence-electron chi connectivity index (χ4n) is 2.03. The van der Waals surface area contributed by atoms with Crippen LogP contribution in [0.5, 0.6) is 0 Å². The molecule has 0 bridgehead atoms. The van der Waals surface area contributed by atoms with Crippen LogP contribution in [0.15, 0.2) is 30.3 Å². The molecule has 1 unspecified atom stereocenters. The summed E-state index contributed by atoms with van der Waals surface area (Å²) in [4.78, 5) is 2.39. The number of nitrogens with one attached hydrogen (secondary N) is 1. The Balaban J connectivity index is 0.00000112. The van der Waals surface area contributed by atoms with E-state index in [4.69, 9.17) is 0 Å². The number of halogens is 1. The predicted octanol–water partition coefficient (Wildman–Crippen LogP) is 1.55. The van der Waals surface area contributed by atoms with Gasteiger partial charge < -0.3 is 10.2 Å². The summed E-state index contributed by atoms with van der Waals surface area (Å²) in [6.45, 7) is 3.45. The van der Waals surface area contributed by atoms with Gasteiger partial charge in [-0.05, 0) is 19.0 Å². The van der Waals surface area contributed by atoms with E-state index < -0.39 is 0 Å². The lowest BCUT2D eigenvalue weighted by atomic mass is 10.0. The highest BCUT2D eigenvalue weighted by Crippen LogP contribution is 2.06. The molecular weight excluding hydrogens is 208 g/mol. The van der Waals surface area contributed by atoms with Crippen molar-refractivity contribution in [2.24, 2.45) is 0 Å². The van der Waals surface area contributed by atoms with E-state index in [-0.39, 0.29) is 12.4 Å². The Bertz CT molecular complexity index is 276. The molecule has 2 nitrogen and oxygen atoms in total. The maximum absolute atomic E-state index is 3.56. The number of hydrogen-bond acceptors (Lipinski definition) is 2. The van der Waals surface area contributed by atoms with Crippen molar-refractivity contribution in [2.75, 3.05) is 26.7 Å². The second-order valence-corrected chi connectivity index (χ2v) is 4.10. The minimum atomic E-state index is 0. The van der Waals surface area contributed by atoms with E-state index in [1.807, 2.05) is 0 Å². The zero-order valence-electron chi connectivity index (χ0n) is 9.15. The van der Waals surface area contributed by atoms with Gasteiger partial charge in [0, 0.05) is 25.7 Å². The van der Waals surface area contributed by atoms with Crippen molar-refractivity contribution in [1.29, 1.82) is 0 Å². The molecule has 0 aliphatic carbocycles. The normalized spacial score (nSPS) is 22.1. The van der Waals surface area contributed by atoms with Crippen LogP contribution in [0.2, 0.25) is 0 Å². The van der Waals surface area contributed by atoms with Crippen molar-refractivity contribution in [3.05, 3.63) is 35.9 Å². The summed E-state index contributed by atoms with van der Waals surface area (Å²) in [5, 5.41) is 3.56. The number of likely N-dealkylation sites (N-methyl/N-ethyl adjacent to an activating group) is 1. The van der Waals surface area contributed by atoms with Gasteiger partial charge in [0.2, 0.25) is 0 Å². The molecule has 1 aliphatic heterocycles. The molecule has 1 aliphatic rings. The number of benzene rings is 1. The minimum absolute atomic E-state index is 0. The van der Waals surface area contributed by atoms with Crippen molar-refractivity contribution in [1.82, 2.24) is 10.2 Å². The summed E-state index contributed by atoms with van der Waals surface area (Å²) in [5.41, 5.74) is 1.43. The van der Waals surface area contributed by atoms with Crippen molar-refractivity contribution in [3.63, 3.8) is 0 Å². The highest BCUT2D eigenvalue weighted by atomic mass is 35.5. The van der Waals surface area contributed by atoms with E-state index in [1.165, 1.54) is 12.1 Å². The lowest BCUT2D eigenvalue weighted by Gasteiger charge is -2.30. The number of nitrogens with zero attached hydrogens (tertiary/aromatic N) is 1. The SMILES string of the molecule is CN1CCNC(Cc2ccccc2)C1.Cl. The molecule has 0 saturated carbocycles. The van der Waals surface area contributed by atoms with E-state index in [0.29, 0.717) is 6.04 Å². The van der Waals surface area contributed by atoms with Gasteiger partial charge in [0.15, 0.2) is 0 Å². The fourth-order valence-corrected chi connectivity index (χ4v) is 2.03.